The third-order valence-corrected chi connectivity index (χ3v) is 11.7. The Labute approximate surface area is 289 Å². The van der Waals surface area contributed by atoms with Gasteiger partial charge in [0.1, 0.15) is 35.7 Å². The third-order valence-electron chi connectivity index (χ3n) is 11.1. The Morgan fingerprint density at radius 3 is 2.60 bits per heavy atom. The SMILES string of the molecule is CO[C@H]1CC2C=C[C@]3(C)[C@H]4[C@H](O)[C@@H](C)[C@@H](OC(=O)c5ccc[nH]5)[C@@H]3O[C@@]24/C(C)=C/[C@@H](C)[C@@H]([C@@H](C)OC(=O)c2ccccc2CBr)OC1=O. The van der Waals surface area contributed by atoms with E-state index >= 15 is 0 Å². The molecule has 6 rings (SSSR count). The molecule has 1 unspecified atom stereocenters. The van der Waals surface area contributed by atoms with E-state index < -0.39 is 83.3 Å². The normalized spacial score (nSPS) is 39.0. The number of carbonyl (C=O) groups is 3. The van der Waals surface area contributed by atoms with Crippen LogP contribution in [0, 0.1) is 29.1 Å². The highest BCUT2D eigenvalue weighted by molar-refractivity contribution is 9.08. The molecule has 2 aliphatic carbocycles. The van der Waals surface area contributed by atoms with E-state index in [1.54, 1.807) is 37.4 Å². The summed E-state index contributed by atoms with van der Waals surface area (Å²) >= 11 is 3.43. The molecule has 48 heavy (non-hydrogen) atoms. The molecule has 1 aromatic carbocycles. The van der Waals surface area contributed by atoms with Gasteiger partial charge in [0.15, 0.2) is 6.10 Å². The Morgan fingerprint density at radius 1 is 1.17 bits per heavy atom. The van der Waals surface area contributed by atoms with Crippen LogP contribution in [0.3, 0.4) is 0 Å². The number of aromatic amines is 1. The van der Waals surface area contributed by atoms with Gasteiger partial charge in [-0.25, -0.2) is 14.4 Å². The Kier molecular flexibility index (Phi) is 9.54. The van der Waals surface area contributed by atoms with Gasteiger partial charge in [-0.05, 0) is 49.6 Å². The van der Waals surface area contributed by atoms with E-state index in [9.17, 15) is 19.5 Å². The van der Waals surface area contributed by atoms with Gasteiger partial charge in [0.2, 0.25) is 0 Å². The smallest absolute Gasteiger partial charge is 0.355 e. The number of aliphatic hydroxyl groups excluding tert-OH is 1. The third kappa shape index (κ3) is 5.56. The quantitative estimate of drug-likeness (QED) is 0.163. The lowest BCUT2D eigenvalue weighted by Gasteiger charge is -2.53. The van der Waals surface area contributed by atoms with Crippen LogP contribution in [0.5, 0.6) is 0 Å². The average Bonchev–Trinajstić information content (AvgIpc) is 3.65. The van der Waals surface area contributed by atoms with Gasteiger partial charge in [-0.1, -0.05) is 73.1 Å². The fourth-order valence-electron chi connectivity index (χ4n) is 8.66. The monoisotopic (exact) mass is 725 g/mol. The fraction of sp³-hybridized carbons (Fsp3) is 0.541. The zero-order valence-electron chi connectivity index (χ0n) is 28.1. The van der Waals surface area contributed by atoms with E-state index in [0.29, 0.717) is 16.6 Å². The minimum Gasteiger partial charge on any atom is -0.456 e. The number of methoxy groups -OCH3 is 1. The molecule has 258 valence electrons. The number of benzene rings is 1. The standard InChI is InChI=1S/C37H44BrNO9/c1-19-16-20(2)37-24(17-27(44-6)35(43)46-29(19)22(4)45-33(41)25-11-8-7-10-23(25)18-38)13-14-36(5)31(37)28(40)21(3)30(32(36)48-37)47-34(42)26-12-9-15-39-26/h7-16,19,21-22,24,27-32,39-40H,17-18H2,1-6H3/b20-16+/t19-,21-,22-,24?,27+,28-,29+,30-,31-,32+,36-,37+/m1/s1. The lowest BCUT2D eigenvalue weighted by atomic mass is 9.51. The van der Waals surface area contributed by atoms with Crippen LogP contribution < -0.4 is 0 Å². The van der Waals surface area contributed by atoms with E-state index in [1.807, 2.05) is 45.9 Å². The summed E-state index contributed by atoms with van der Waals surface area (Å²) in [7, 11) is 1.46. The summed E-state index contributed by atoms with van der Waals surface area (Å²) in [5.41, 5.74) is 0.660. The minimum absolute atomic E-state index is 0.220. The number of cyclic esters (lactones) is 1. The first-order chi connectivity index (χ1) is 22.9. The summed E-state index contributed by atoms with van der Waals surface area (Å²) in [4.78, 5) is 43.1. The van der Waals surface area contributed by atoms with Crippen LogP contribution in [0.25, 0.3) is 0 Å². The summed E-state index contributed by atoms with van der Waals surface area (Å²) in [5, 5.41) is 12.6. The Hall–Kier alpha value is -3.25. The van der Waals surface area contributed by atoms with Crippen LogP contribution in [0.1, 0.15) is 67.4 Å². The number of hydrogen-bond donors (Lipinski definition) is 2. The molecule has 10 nitrogen and oxygen atoms in total. The van der Waals surface area contributed by atoms with E-state index in [0.717, 1.165) is 11.1 Å². The van der Waals surface area contributed by atoms with Crippen molar-refractivity contribution in [2.45, 2.75) is 88.6 Å². The second-order valence-electron chi connectivity index (χ2n) is 13.9. The molecule has 1 aromatic heterocycles. The van der Waals surface area contributed by atoms with Crippen molar-refractivity contribution >= 4 is 33.8 Å². The predicted molar refractivity (Wildman–Crippen MR) is 179 cm³/mol. The lowest BCUT2D eigenvalue weighted by Crippen LogP contribution is -2.61. The zero-order chi connectivity index (χ0) is 34.5. The molecular weight excluding hydrogens is 682 g/mol. The molecule has 11 heteroatoms. The van der Waals surface area contributed by atoms with Crippen molar-refractivity contribution in [3.8, 4) is 0 Å². The van der Waals surface area contributed by atoms with Gasteiger partial charge in [-0.3, -0.25) is 0 Å². The number of hydrogen-bond acceptors (Lipinski definition) is 9. The number of aliphatic hydroxyl groups is 1. The number of esters is 3. The first-order valence-corrected chi connectivity index (χ1v) is 17.7. The fourth-order valence-corrected chi connectivity index (χ4v) is 9.15. The molecule has 2 fully saturated rings. The summed E-state index contributed by atoms with van der Waals surface area (Å²) in [6, 6.07) is 10.5. The van der Waals surface area contributed by atoms with Crippen molar-refractivity contribution in [2.24, 2.45) is 29.1 Å². The first kappa shape index (κ1) is 34.6. The van der Waals surface area contributed by atoms with Crippen LogP contribution in [0.2, 0.25) is 0 Å². The molecule has 2 N–H and O–H groups in total. The Balaban J connectivity index is 1.37. The second-order valence-corrected chi connectivity index (χ2v) is 14.5. The molecule has 1 spiro atoms. The zero-order valence-corrected chi connectivity index (χ0v) is 29.6. The van der Waals surface area contributed by atoms with Gasteiger partial charge in [-0.15, -0.1) is 0 Å². The van der Waals surface area contributed by atoms with Gasteiger partial charge in [0.25, 0.3) is 0 Å². The highest BCUT2D eigenvalue weighted by atomic mass is 79.9. The number of carbonyl (C=O) groups excluding carboxylic acids is 3. The van der Waals surface area contributed by atoms with Crippen molar-refractivity contribution in [1.29, 1.82) is 0 Å². The molecule has 12 atom stereocenters. The van der Waals surface area contributed by atoms with Crippen LogP contribution >= 0.6 is 15.9 Å². The maximum absolute atomic E-state index is 13.7. The van der Waals surface area contributed by atoms with Gasteiger partial charge in [0.05, 0.1) is 11.7 Å². The summed E-state index contributed by atoms with van der Waals surface area (Å²) in [6.07, 6.45) is 3.17. The number of alkyl halides is 1. The Morgan fingerprint density at radius 2 is 1.92 bits per heavy atom. The van der Waals surface area contributed by atoms with Crippen molar-refractivity contribution in [2.75, 3.05) is 7.11 Å². The van der Waals surface area contributed by atoms with Crippen molar-refractivity contribution < 1.29 is 43.2 Å². The number of nitrogens with one attached hydrogen (secondary N) is 1. The molecular formula is C37H44BrNO9. The molecule has 3 heterocycles. The summed E-state index contributed by atoms with van der Waals surface area (Å²) in [6.45, 7) is 9.53. The number of H-pyrrole nitrogens is 1. The predicted octanol–water partition coefficient (Wildman–Crippen LogP) is 5.55. The molecule has 0 amide bonds. The van der Waals surface area contributed by atoms with E-state index in [2.05, 4.69) is 33.1 Å². The maximum Gasteiger partial charge on any atom is 0.355 e. The molecule has 4 bridgehead atoms. The number of aromatic nitrogens is 1. The number of ether oxygens (including phenoxy) is 5. The van der Waals surface area contributed by atoms with E-state index in [1.165, 1.54) is 7.11 Å². The van der Waals surface area contributed by atoms with E-state index in [-0.39, 0.29) is 12.3 Å². The van der Waals surface area contributed by atoms with Crippen molar-refractivity contribution in [3.05, 3.63) is 83.2 Å². The molecule has 2 aliphatic heterocycles. The molecule has 0 radical (unpaired) electrons. The highest BCUT2D eigenvalue weighted by Crippen LogP contribution is 2.66. The Bertz CT molecular complexity index is 1610. The van der Waals surface area contributed by atoms with Crippen LogP contribution in [-0.4, -0.2) is 77.3 Å². The van der Waals surface area contributed by atoms with Gasteiger partial charge in [-0.2, -0.15) is 0 Å². The maximum atomic E-state index is 13.7. The van der Waals surface area contributed by atoms with Gasteiger partial charge in [0, 0.05) is 47.7 Å². The van der Waals surface area contributed by atoms with Crippen LogP contribution in [0.4, 0.5) is 0 Å². The molecule has 1 saturated carbocycles. The molecule has 1 saturated heterocycles. The van der Waals surface area contributed by atoms with Crippen molar-refractivity contribution in [1.82, 2.24) is 4.98 Å². The highest BCUT2D eigenvalue weighted by Gasteiger charge is 2.73. The van der Waals surface area contributed by atoms with Gasteiger partial charge >= 0.3 is 17.9 Å². The van der Waals surface area contributed by atoms with Gasteiger partial charge < -0.3 is 33.8 Å². The summed E-state index contributed by atoms with van der Waals surface area (Å²) < 4.78 is 31.0. The average molecular weight is 727 g/mol. The topological polar surface area (TPSA) is 133 Å². The van der Waals surface area contributed by atoms with Crippen molar-refractivity contribution in [3.63, 3.8) is 0 Å². The molecule has 4 aliphatic rings. The lowest BCUT2D eigenvalue weighted by molar-refractivity contribution is -0.172. The second kappa shape index (κ2) is 13.2. The molecule has 2 aromatic rings. The number of halogens is 1. The van der Waals surface area contributed by atoms with E-state index in [4.69, 9.17) is 23.7 Å². The first-order valence-electron chi connectivity index (χ1n) is 16.5. The largest absolute Gasteiger partial charge is 0.456 e. The minimum atomic E-state index is -1.04. The van der Waals surface area contributed by atoms with Crippen LogP contribution in [-0.2, 0) is 33.8 Å². The van der Waals surface area contributed by atoms with Crippen LogP contribution in [0.15, 0.2) is 66.4 Å². The number of rotatable bonds is 7. The summed E-state index contributed by atoms with van der Waals surface area (Å²) in [5.74, 6) is -3.24.